The second-order valence-electron chi connectivity index (χ2n) is 5.42. The van der Waals surface area contributed by atoms with Crippen LogP contribution in [0.5, 0.6) is 0 Å². The second-order valence-corrected chi connectivity index (χ2v) is 6.21. The van der Waals surface area contributed by atoms with E-state index in [1.165, 1.54) is 19.3 Å². The van der Waals surface area contributed by atoms with Crippen LogP contribution in [0.25, 0.3) is 11.3 Å². The van der Waals surface area contributed by atoms with Gasteiger partial charge in [-0.3, -0.25) is 9.48 Å². The van der Waals surface area contributed by atoms with Crippen molar-refractivity contribution in [2.45, 2.75) is 38.1 Å². The van der Waals surface area contributed by atoms with E-state index in [0.29, 0.717) is 32.9 Å². The van der Waals surface area contributed by atoms with Crippen LogP contribution in [0.1, 0.15) is 48.5 Å². The molecule has 3 nitrogen and oxygen atoms in total. The topological polar surface area (TPSA) is 34.9 Å². The Kier molecular flexibility index (Phi) is 4.32. The molecule has 1 aromatic carbocycles. The summed E-state index contributed by atoms with van der Waals surface area (Å²) in [5.41, 5.74) is 1.88. The molecule has 0 aliphatic heterocycles. The van der Waals surface area contributed by atoms with E-state index in [-0.39, 0.29) is 0 Å². The Bertz CT molecular complexity index is 660. The molecule has 0 N–H and O–H groups in total. The molecule has 5 heteroatoms. The van der Waals surface area contributed by atoms with Gasteiger partial charge >= 0.3 is 0 Å². The Labute approximate surface area is 133 Å². The molecular weight excluding hydrogens is 307 g/mol. The van der Waals surface area contributed by atoms with E-state index in [9.17, 15) is 4.79 Å². The number of rotatable bonds is 3. The first-order chi connectivity index (χ1) is 10.2. The molecule has 1 saturated carbocycles. The molecule has 2 aromatic rings. The van der Waals surface area contributed by atoms with Crippen LogP contribution in [0.4, 0.5) is 0 Å². The molecule has 1 aliphatic carbocycles. The van der Waals surface area contributed by atoms with Gasteiger partial charge in [0.05, 0.1) is 21.7 Å². The summed E-state index contributed by atoms with van der Waals surface area (Å²) in [6.07, 6.45) is 8.60. The first-order valence-corrected chi connectivity index (χ1v) is 7.95. The van der Waals surface area contributed by atoms with Gasteiger partial charge in [-0.1, -0.05) is 54.6 Å². The lowest BCUT2D eigenvalue weighted by Crippen LogP contribution is -2.13. The van der Waals surface area contributed by atoms with Crippen LogP contribution >= 0.6 is 23.2 Å². The number of hydrogen-bond acceptors (Lipinski definition) is 2. The highest BCUT2D eigenvalue weighted by molar-refractivity contribution is 6.43. The third-order valence-electron chi connectivity index (χ3n) is 4.04. The standard InChI is InChI=1S/C16H16Cl2N2O/c17-14-8-4-7-13(15(14)18)16-11(10-21)9-20(19-16)12-5-2-1-3-6-12/h4,7-10,12H,1-3,5-6H2. The van der Waals surface area contributed by atoms with Gasteiger partial charge in [-0.15, -0.1) is 0 Å². The van der Waals surface area contributed by atoms with Crippen LogP contribution in [-0.2, 0) is 0 Å². The van der Waals surface area contributed by atoms with Crippen molar-refractivity contribution in [1.29, 1.82) is 0 Å². The molecule has 21 heavy (non-hydrogen) atoms. The largest absolute Gasteiger partial charge is 0.298 e. The zero-order valence-electron chi connectivity index (χ0n) is 11.6. The van der Waals surface area contributed by atoms with Gasteiger partial charge in [0.15, 0.2) is 6.29 Å². The molecule has 110 valence electrons. The molecule has 0 radical (unpaired) electrons. The van der Waals surface area contributed by atoms with Gasteiger partial charge in [0.1, 0.15) is 5.69 Å². The molecule has 0 saturated heterocycles. The zero-order chi connectivity index (χ0) is 14.8. The van der Waals surface area contributed by atoms with Gasteiger partial charge in [0, 0.05) is 11.8 Å². The minimum absolute atomic E-state index is 0.379. The van der Waals surface area contributed by atoms with Crippen LogP contribution in [0.15, 0.2) is 24.4 Å². The van der Waals surface area contributed by atoms with Crippen molar-refractivity contribution in [1.82, 2.24) is 9.78 Å². The van der Waals surface area contributed by atoms with Crippen LogP contribution < -0.4 is 0 Å². The number of hydrogen-bond donors (Lipinski definition) is 0. The average molecular weight is 323 g/mol. The molecule has 0 atom stereocenters. The molecule has 1 aliphatic rings. The van der Waals surface area contributed by atoms with Gasteiger partial charge in [0.25, 0.3) is 0 Å². The number of carbonyl (C=O) groups excluding carboxylic acids is 1. The number of nitrogens with zero attached hydrogens (tertiary/aromatic N) is 2. The summed E-state index contributed by atoms with van der Waals surface area (Å²) in [6, 6.07) is 5.77. The van der Waals surface area contributed by atoms with E-state index in [0.717, 1.165) is 19.1 Å². The van der Waals surface area contributed by atoms with Crippen molar-refractivity contribution in [2.24, 2.45) is 0 Å². The van der Waals surface area contributed by atoms with Crippen LogP contribution in [-0.4, -0.2) is 16.1 Å². The second kappa shape index (κ2) is 6.20. The van der Waals surface area contributed by atoms with Gasteiger partial charge in [-0.05, 0) is 18.9 Å². The minimum atomic E-state index is 0.379. The lowest BCUT2D eigenvalue weighted by atomic mass is 9.96. The number of halogens is 2. The van der Waals surface area contributed by atoms with Crippen molar-refractivity contribution in [3.63, 3.8) is 0 Å². The molecule has 0 unspecified atom stereocenters. The number of benzene rings is 1. The SMILES string of the molecule is O=Cc1cn(C2CCCCC2)nc1-c1cccc(Cl)c1Cl. The Balaban J connectivity index is 2.03. The Hall–Kier alpha value is -1.32. The number of aromatic nitrogens is 2. The highest BCUT2D eigenvalue weighted by atomic mass is 35.5. The van der Waals surface area contributed by atoms with Crippen molar-refractivity contribution in [2.75, 3.05) is 0 Å². The minimum Gasteiger partial charge on any atom is -0.298 e. The molecule has 1 fully saturated rings. The first kappa shape index (κ1) is 14.6. The van der Waals surface area contributed by atoms with Gasteiger partial charge in [-0.25, -0.2) is 0 Å². The van der Waals surface area contributed by atoms with Crippen molar-refractivity contribution in [3.05, 3.63) is 40.0 Å². The van der Waals surface area contributed by atoms with E-state index in [1.807, 2.05) is 23.0 Å². The third kappa shape index (κ3) is 2.85. The average Bonchev–Trinajstić information content (AvgIpc) is 2.95. The van der Waals surface area contributed by atoms with Crippen molar-refractivity contribution < 1.29 is 4.79 Å². The molecule has 1 aromatic heterocycles. The lowest BCUT2D eigenvalue weighted by Gasteiger charge is -2.21. The maximum absolute atomic E-state index is 11.4. The quantitative estimate of drug-likeness (QED) is 0.730. The summed E-state index contributed by atoms with van der Waals surface area (Å²) in [5, 5.41) is 5.53. The van der Waals surface area contributed by atoms with E-state index in [4.69, 9.17) is 23.2 Å². The molecule has 0 spiro atoms. The molecule has 1 heterocycles. The van der Waals surface area contributed by atoms with Crippen LogP contribution in [0, 0.1) is 0 Å². The fourth-order valence-corrected chi connectivity index (χ4v) is 3.31. The molecular formula is C16H16Cl2N2O. The summed E-state index contributed by atoms with van der Waals surface area (Å²) in [4.78, 5) is 11.4. The lowest BCUT2D eigenvalue weighted by molar-refractivity contribution is 0.112. The smallest absolute Gasteiger partial charge is 0.153 e. The molecule has 3 rings (SSSR count). The monoisotopic (exact) mass is 322 g/mol. The molecule has 0 amide bonds. The number of carbonyl (C=O) groups is 1. The summed E-state index contributed by atoms with van der Waals surface area (Å²) in [5.74, 6) is 0. The van der Waals surface area contributed by atoms with Crippen LogP contribution in [0.3, 0.4) is 0 Å². The molecule has 0 bridgehead atoms. The zero-order valence-corrected chi connectivity index (χ0v) is 13.1. The fourth-order valence-electron chi connectivity index (χ4n) is 2.92. The Morgan fingerprint density at radius 1 is 1.19 bits per heavy atom. The van der Waals surface area contributed by atoms with E-state index in [2.05, 4.69) is 5.10 Å². The van der Waals surface area contributed by atoms with E-state index in [1.54, 1.807) is 6.07 Å². The first-order valence-electron chi connectivity index (χ1n) is 7.19. The Morgan fingerprint density at radius 2 is 1.95 bits per heavy atom. The Morgan fingerprint density at radius 3 is 2.67 bits per heavy atom. The van der Waals surface area contributed by atoms with Gasteiger partial charge in [0.2, 0.25) is 0 Å². The van der Waals surface area contributed by atoms with Crippen molar-refractivity contribution >= 4 is 29.5 Å². The summed E-state index contributed by atoms with van der Waals surface area (Å²) in [6.45, 7) is 0. The third-order valence-corrected chi connectivity index (χ3v) is 4.86. The predicted molar refractivity (Wildman–Crippen MR) is 85.2 cm³/mol. The highest BCUT2D eigenvalue weighted by Crippen LogP contribution is 2.35. The van der Waals surface area contributed by atoms with Gasteiger partial charge < -0.3 is 0 Å². The van der Waals surface area contributed by atoms with E-state index < -0.39 is 0 Å². The summed E-state index contributed by atoms with van der Waals surface area (Å²) in [7, 11) is 0. The maximum atomic E-state index is 11.4. The van der Waals surface area contributed by atoms with Gasteiger partial charge in [-0.2, -0.15) is 5.10 Å². The highest BCUT2D eigenvalue weighted by Gasteiger charge is 2.20. The fraction of sp³-hybridized carbons (Fsp3) is 0.375. The van der Waals surface area contributed by atoms with E-state index >= 15 is 0 Å². The summed E-state index contributed by atoms with van der Waals surface area (Å²) < 4.78 is 1.93. The van der Waals surface area contributed by atoms with Crippen LogP contribution in [0.2, 0.25) is 10.0 Å². The maximum Gasteiger partial charge on any atom is 0.153 e. The predicted octanol–water partition coefficient (Wildman–Crippen LogP) is 5.17. The normalized spacial score (nSPS) is 16.1. The summed E-state index contributed by atoms with van der Waals surface area (Å²) >= 11 is 12.3. The number of aldehydes is 1. The van der Waals surface area contributed by atoms with Crippen molar-refractivity contribution in [3.8, 4) is 11.3 Å².